The van der Waals surface area contributed by atoms with Crippen molar-refractivity contribution in [2.24, 2.45) is 0 Å². The largest absolute Gasteiger partial charge is 0.465 e. The maximum Gasteiger partial charge on any atom is 0.343 e. The van der Waals surface area contributed by atoms with Gasteiger partial charge in [-0.15, -0.1) is 11.3 Å². The first-order chi connectivity index (χ1) is 9.97. The molecule has 0 saturated carbocycles. The Balaban J connectivity index is 2.49. The Morgan fingerprint density at radius 2 is 1.90 bits per heavy atom. The number of nitrogen functional groups attached to an aromatic ring is 1. The fourth-order valence-corrected chi connectivity index (χ4v) is 4.27. The van der Waals surface area contributed by atoms with Gasteiger partial charge >= 0.3 is 5.97 Å². The molecule has 1 aliphatic rings. The van der Waals surface area contributed by atoms with Gasteiger partial charge in [0.1, 0.15) is 15.4 Å². The van der Waals surface area contributed by atoms with Gasteiger partial charge in [0.25, 0.3) is 5.91 Å². The maximum absolute atomic E-state index is 12.2. The zero-order valence-electron chi connectivity index (χ0n) is 12.3. The molecule has 0 aliphatic carbocycles. The van der Waals surface area contributed by atoms with Crippen molar-refractivity contribution in [3.8, 4) is 0 Å². The zero-order chi connectivity index (χ0) is 15.6. The molecule has 1 aromatic heterocycles. The predicted molar refractivity (Wildman–Crippen MR) is 87.6 cm³/mol. The van der Waals surface area contributed by atoms with Crippen LogP contribution in [0.4, 0.5) is 10.7 Å². The average molecular weight is 329 g/mol. The first-order valence-electron chi connectivity index (χ1n) is 6.52. The van der Waals surface area contributed by atoms with Gasteiger partial charge in [-0.3, -0.25) is 4.79 Å². The van der Waals surface area contributed by atoms with E-state index in [9.17, 15) is 9.59 Å². The summed E-state index contributed by atoms with van der Waals surface area (Å²) in [5.74, 6) is 1.31. The molecule has 0 aromatic carbocycles. The highest BCUT2D eigenvalue weighted by Crippen LogP contribution is 2.40. The lowest BCUT2D eigenvalue weighted by Crippen LogP contribution is -2.32. The second kappa shape index (κ2) is 6.57. The van der Waals surface area contributed by atoms with Crippen LogP contribution in [0.3, 0.4) is 0 Å². The Morgan fingerprint density at radius 3 is 2.43 bits per heavy atom. The number of nitrogens with two attached hydrogens (primary N) is 1. The van der Waals surface area contributed by atoms with E-state index in [1.807, 2.05) is 11.8 Å². The Labute approximate surface area is 132 Å². The van der Waals surface area contributed by atoms with Crippen molar-refractivity contribution in [2.45, 2.75) is 0 Å². The summed E-state index contributed by atoms with van der Waals surface area (Å²) < 4.78 is 4.83. The molecule has 0 bridgehead atoms. The quantitative estimate of drug-likeness (QED) is 0.844. The van der Waals surface area contributed by atoms with Crippen molar-refractivity contribution in [2.75, 3.05) is 56.4 Å². The van der Waals surface area contributed by atoms with Crippen LogP contribution in [-0.2, 0) is 4.74 Å². The number of anilines is 2. The number of carbonyl (C=O) groups is 2. The molecule has 2 rings (SSSR count). The number of carbonyl (C=O) groups excluding carboxylic acids is 2. The zero-order valence-corrected chi connectivity index (χ0v) is 14.0. The van der Waals surface area contributed by atoms with E-state index in [4.69, 9.17) is 10.5 Å². The van der Waals surface area contributed by atoms with Crippen LogP contribution < -0.4 is 10.6 Å². The molecule has 0 atom stereocenters. The number of amides is 1. The molecular weight excluding hydrogens is 310 g/mol. The molecule has 0 spiro atoms. The molecule has 116 valence electrons. The van der Waals surface area contributed by atoms with Gasteiger partial charge in [-0.25, -0.2) is 4.79 Å². The smallest absolute Gasteiger partial charge is 0.343 e. The number of nitrogens with zero attached hydrogens (tertiary/aromatic N) is 2. The first-order valence-corrected chi connectivity index (χ1v) is 8.49. The molecule has 0 unspecified atom stereocenters. The van der Waals surface area contributed by atoms with Crippen molar-refractivity contribution < 1.29 is 14.3 Å². The van der Waals surface area contributed by atoms with E-state index < -0.39 is 5.97 Å². The van der Waals surface area contributed by atoms with E-state index in [0.717, 1.165) is 29.6 Å². The average Bonchev–Trinajstić information content (AvgIpc) is 2.84. The van der Waals surface area contributed by atoms with E-state index in [2.05, 4.69) is 4.90 Å². The summed E-state index contributed by atoms with van der Waals surface area (Å²) in [7, 11) is 4.65. The van der Waals surface area contributed by atoms with Crippen LogP contribution in [0.25, 0.3) is 0 Å². The summed E-state index contributed by atoms with van der Waals surface area (Å²) in [6, 6.07) is 0. The lowest BCUT2D eigenvalue weighted by atomic mass is 10.2. The van der Waals surface area contributed by atoms with E-state index in [1.54, 1.807) is 14.1 Å². The van der Waals surface area contributed by atoms with Gasteiger partial charge in [0, 0.05) is 38.7 Å². The van der Waals surface area contributed by atoms with Gasteiger partial charge in [-0.1, -0.05) is 0 Å². The van der Waals surface area contributed by atoms with Gasteiger partial charge < -0.3 is 20.3 Å². The second-order valence-corrected chi connectivity index (χ2v) is 7.04. The molecule has 1 saturated heterocycles. The maximum atomic E-state index is 12.2. The number of hydrogen-bond donors (Lipinski definition) is 1. The van der Waals surface area contributed by atoms with Crippen LogP contribution in [-0.4, -0.2) is 62.6 Å². The lowest BCUT2D eigenvalue weighted by Gasteiger charge is -2.27. The number of methoxy groups -OCH3 is 1. The molecule has 1 amide bonds. The van der Waals surface area contributed by atoms with Gasteiger partial charge in [0.2, 0.25) is 0 Å². The highest BCUT2D eigenvalue weighted by atomic mass is 32.2. The third-order valence-electron chi connectivity index (χ3n) is 3.21. The van der Waals surface area contributed by atoms with Gasteiger partial charge in [0.15, 0.2) is 0 Å². The van der Waals surface area contributed by atoms with E-state index >= 15 is 0 Å². The van der Waals surface area contributed by atoms with Crippen LogP contribution in [0.2, 0.25) is 0 Å². The van der Waals surface area contributed by atoms with E-state index in [-0.39, 0.29) is 11.6 Å². The number of rotatable bonds is 3. The minimum Gasteiger partial charge on any atom is -0.465 e. The van der Waals surface area contributed by atoms with Crippen LogP contribution >= 0.6 is 23.1 Å². The highest BCUT2D eigenvalue weighted by Gasteiger charge is 2.30. The molecule has 21 heavy (non-hydrogen) atoms. The molecule has 1 aromatic rings. The van der Waals surface area contributed by atoms with Crippen molar-refractivity contribution in [3.63, 3.8) is 0 Å². The van der Waals surface area contributed by atoms with Gasteiger partial charge in [-0.05, 0) is 0 Å². The summed E-state index contributed by atoms with van der Waals surface area (Å²) in [4.78, 5) is 28.2. The molecule has 2 heterocycles. The molecule has 2 N–H and O–H groups in total. The number of thioether (sulfide) groups is 1. The fraction of sp³-hybridized carbons (Fsp3) is 0.538. The molecule has 1 aliphatic heterocycles. The molecule has 6 nitrogen and oxygen atoms in total. The first kappa shape index (κ1) is 16.0. The summed E-state index contributed by atoms with van der Waals surface area (Å²) >= 11 is 3.15. The van der Waals surface area contributed by atoms with Crippen molar-refractivity contribution >= 4 is 45.7 Å². The topological polar surface area (TPSA) is 75.9 Å². The summed E-state index contributed by atoms with van der Waals surface area (Å²) in [5, 5.41) is 0.741. The molecule has 0 radical (unpaired) electrons. The second-order valence-electron chi connectivity index (χ2n) is 4.82. The highest BCUT2D eigenvalue weighted by molar-refractivity contribution is 7.99. The van der Waals surface area contributed by atoms with Gasteiger partial charge in [-0.2, -0.15) is 11.8 Å². The van der Waals surface area contributed by atoms with E-state index in [0.29, 0.717) is 10.4 Å². The SMILES string of the molecule is COC(=O)c1c(N2CCSCC2)sc(C(=O)N(C)C)c1N. The molecule has 1 fully saturated rings. The minimum atomic E-state index is -0.491. The van der Waals surface area contributed by atoms with Crippen molar-refractivity contribution in [3.05, 3.63) is 10.4 Å². The third kappa shape index (κ3) is 3.11. The van der Waals surface area contributed by atoms with Crippen LogP contribution in [0, 0.1) is 0 Å². The number of hydrogen-bond acceptors (Lipinski definition) is 7. The molecular formula is C13H19N3O3S2. The monoisotopic (exact) mass is 329 g/mol. The summed E-state index contributed by atoms with van der Waals surface area (Å²) in [6.45, 7) is 1.68. The predicted octanol–water partition coefficient (Wildman–Crippen LogP) is 1.37. The number of thiophene rings is 1. The van der Waals surface area contributed by atoms with Crippen LogP contribution in [0.1, 0.15) is 20.0 Å². The van der Waals surface area contributed by atoms with Crippen LogP contribution in [0.5, 0.6) is 0 Å². The Morgan fingerprint density at radius 1 is 1.29 bits per heavy atom. The van der Waals surface area contributed by atoms with Crippen molar-refractivity contribution in [1.29, 1.82) is 0 Å². The fourth-order valence-electron chi connectivity index (χ4n) is 2.08. The molecule has 8 heteroatoms. The minimum absolute atomic E-state index is 0.194. The standard InChI is InChI=1S/C13H19N3O3S2/c1-15(2)11(17)10-9(14)8(13(18)19-3)12(21-10)16-4-6-20-7-5-16/h4-7,14H2,1-3H3. The van der Waals surface area contributed by atoms with Gasteiger partial charge in [0.05, 0.1) is 12.8 Å². The Hall–Kier alpha value is -1.41. The summed E-state index contributed by atoms with van der Waals surface area (Å²) in [6.07, 6.45) is 0. The van der Waals surface area contributed by atoms with E-state index in [1.165, 1.54) is 23.3 Å². The summed E-state index contributed by atoms with van der Waals surface area (Å²) in [5.41, 5.74) is 6.60. The normalized spacial score (nSPS) is 14.9. The Bertz CT molecular complexity index is 551. The van der Waals surface area contributed by atoms with Crippen molar-refractivity contribution in [1.82, 2.24) is 4.90 Å². The van der Waals surface area contributed by atoms with Crippen LogP contribution in [0.15, 0.2) is 0 Å². The lowest BCUT2D eigenvalue weighted by molar-refractivity contribution is 0.0603. The number of esters is 1. The third-order valence-corrected chi connectivity index (χ3v) is 5.41. The number of ether oxygens (including phenoxy) is 1. The Kier molecular flexibility index (Phi) is 5.00.